The summed E-state index contributed by atoms with van der Waals surface area (Å²) in [4.78, 5) is 24.2. The van der Waals surface area contributed by atoms with E-state index in [9.17, 15) is 4.79 Å². The predicted octanol–water partition coefficient (Wildman–Crippen LogP) is 2.12. The Labute approximate surface area is 158 Å². The van der Waals surface area contributed by atoms with Gasteiger partial charge in [0.2, 0.25) is 0 Å². The summed E-state index contributed by atoms with van der Waals surface area (Å²) in [7, 11) is 3.12. The van der Waals surface area contributed by atoms with Gasteiger partial charge in [0.15, 0.2) is 11.5 Å². The maximum absolute atomic E-state index is 13.1. The van der Waals surface area contributed by atoms with Crippen molar-refractivity contribution in [3.05, 3.63) is 47.0 Å². The Kier molecular flexibility index (Phi) is 4.94. The summed E-state index contributed by atoms with van der Waals surface area (Å²) in [5.41, 5.74) is 2.57. The lowest BCUT2D eigenvalue weighted by Gasteiger charge is -2.29. The average molecular weight is 368 g/mol. The Morgan fingerprint density at radius 2 is 2.19 bits per heavy atom. The van der Waals surface area contributed by atoms with Gasteiger partial charge in [0, 0.05) is 31.3 Å². The van der Waals surface area contributed by atoms with Gasteiger partial charge in [-0.05, 0) is 31.5 Å². The van der Waals surface area contributed by atoms with Crippen LogP contribution in [0.15, 0.2) is 24.4 Å². The van der Waals surface area contributed by atoms with Crippen molar-refractivity contribution in [2.24, 2.45) is 0 Å². The van der Waals surface area contributed by atoms with Crippen molar-refractivity contribution in [3.63, 3.8) is 0 Å². The van der Waals surface area contributed by atoms with E-state index in [0.717, 1.165) is 42.9 Å². The van der Waals surface area contributed by atoms with E-state index in [1.54, 1.807) is 32.4 Å². The Morgan fingerprint density at radius 1 is 1.30 bits per heavy atom. The van der Waals surface area contributed by atoms with Gasteiger partial charge in [0.05, 0.1) is 31.5 Å². The summed E-state index contributed by atoms with van der Waals surface area (Å²) in [5.74, 6) is 1.82. The molecule has 7 heteroatoms. The lowest BCUT2D eigenvalue weighted by Crippen LogP contribution is -2.37. The minimum atomic E-state index is -0.0714. The summed E-state index contributed by atoms with van der Waals surface area (Å²) < 4.78 is 10.7. The van der Waals surface area contributed by atoms with E-state index in [1.807, 2.05) is 11.1 Å². The largest absolute Gasteiger partial charge is 0.493 e. The fraction of sp³-hybridized carbons (Fsp3) is 0.450. The molecule has 0 unspecified atom stereocenters. The molecule has 2 aliphatic heterocycles. The van der Waals surface area contributed by atoms with E-state index in [-0.39, 0.29) is 11.9 Å². The zero-order chi connectivity index (χ0) is 18.8. The molecule has 0 bridgehead atoms. The van der Waals surface area contributed by atoms with Crippen LogP contribution in [0.4, 0.5) is 0 Å². The van der Waals surface area contributed by atoms with Gasteiger partial charge >= 0.3 is 0 Å². The average Bonchev–Trinajstić information content (AvgIpc) is 3.26. The molecule has 0 radical (unpaired) electrons. The number of rotatable bonds is 4. The molecule has 0 saturated carbocycles. The number of amides is 1. The second-order valence-electron chi connectivity index (χ2n) is 6.87. The van der Waals surface area contributed by atoms with Crippen molar-refractivity contribution in [2.45, 2.75) is 31.8 Å². The minimum absolute atomic E-state index is 0.0714. The highest BCUT2D eigenvalue weighted by Gasteiger charge is 2.27. The third kappa shape index (κ3) is 3.35. The van der Waals surface area contributed by atoms with Crippen molar-refractivity contribution < 1.29 is 14.3 Å². The normalized spacial score (nSPS) is 18.9. The molecule has 7 nitrogen and oxygen atoms in total. The molecule has 27 heavy (non-hydrogen) atoms. The van der Waals surface area contributed by atoms with Crippen LogP contribution in [0, 0.1) is 0 Å². The topological polar surface area (TPSA) is 76.6 Å². The number of hydrogen-bond donors (Lipinski definition) is 1. The lowest BCUT2D eigenvalue weighted by atomic mass is 10.0. The standard InChI is InChI=1S/C20H24N4O3/c1-26-17-7-3-5-14(18(17)27-2)20(25)24-10-8-15-13(12-24)11-22-19(23-15)16-6-4-9-21-16/h3,5,7,11,16,21H,4,6,8-10,12H2,1-2H3/t16-/m1/s1. The number of hydrogen-bond acceptors (Lipinski definition) is 6. The summed E-state index contributed by atoms with van der Waals surface area (Å²) in [6.45, 7) is 2.16. The first kappa shape index (κ1) is 17.7. The molecule has 2 aromatic rings. The molecule has 1 aromatic heterocycles. The van der Waals surface area contributed by atoms with E-state index >= 15 is 0 Å². The molecule has 1 N–H and O–H groups in total. The lowest BCUT2D eigenvalue weighted by molar-refractivity contribution is 0.0729. The van der Waals surface area contributed by atoms with Gasteiger partial charge in [-0.1, -0.05) is 6.07 Å². The summed E-state index contributed by atoms with van der Waals surface area (Å²) >= 11 is 0. The number of fused-ring (bicyclic) bond motifs is 1. The zero-order valence-electron chi connectivity index (χ0n) is 15.7. The molecule has 1 saturated heterocycles. The van der Waals surface area contributed by atoms with E-state index < -0.39 is 0 Å². The van der Waals surface area contributed by atoms with Gasteiger partial charge in [-0.3, -0.25) is 4.79 Å². The third-order valence-electron chi connectivity index (χ3n) is 5.25. The Balaban J connectivity index is 1.55. The summed E-state index contributed by atoms with van der Waals surface area (Å²) in [5, 5.41) is 3.44. The quantitative estimate of drug-likeness (QED) is 0.891. The molecule has 142 valence electrons. The second kappa shape index (κ2) is 7.52. The number of aromatic nitrogens is 2. The van der Waals surface area contributed by atoms with Crippen LogP contribution in [0.1, 0.15) is 46.3 Å². The third-order valence-corrected chi connectivity index (χ3v) is 5.25. The van der Waals surface area contributed by atoms with Crippen LogP contribution in [0.2, 0.25) is 0 Å². The van der Waals surface area contributed by atoms with Crippen LogP contribution in [-0.4, -0.2) is 48.1 Å². The van der Waals surface area contributed by atoms with E-state index in [2.05, 4.69) is 10.3 Å². The number of carbonyl (C=O) groups is 1. The van der Waals surface area contributed by atoms with Crippen LogP contribution >= 0.6 is 0 Å². The van der Waals surface area contributed by atoms with Crippen molar-refractivity contribution in [2.75, 3.05) is 27.3 Å². The molecule has 1 fully saturated rings. The van der Waals surface area contributed by atoms with Gasteiger partial charge in [0.25, 0.3) is 5.91 Å². The highest BCUT2D eigenvalue weighted by atomic mass is 16.5. The van der Waals surface area contributed by atoms with E-state index in [1.165, 1.54) is 0 Å². The molecule has 2 aliphatic rings. The number of nitrogens with zero attached hydrogens (tertiary/aromatic N) is 3. The fourth-order valence-corrected chi connectivity index (χ4v) is 3.80. The fourth-order valence-electron chi connectivity index (χ4n) is 3.80. The Hall–Kier alpha value is -2.67. The number of methoxy groups -OCH3 is 2. The van der Waals surface area contributed by atoms with Crippen LogP contribution in [0.25, 0.3) is 0 Å². The molecule has 3 heterocycles. The molecule has 1 atom stereocenters. The minimum Gasteiger partial charge on any atom is -0.493 e. The highest BCUT2D eigenvalue weighted by molar-refractivity contribution is 5.98. The molecule has 0 spiro atoms. The number of nitrogens with one attached hydrogen (secondary N) is 1. The van der Waals surface area contributed by atoms with E-state index in [4.69, 9.17) is 14.5 Å². The monoisotopic (exact) mass is 368 g/mol. The molecule has 0 aliphatic carbocycles. The molecular weight excluding hydrogens is 344 g/mol. The smallest absolute Gasteiger partial charge is 0.258 e. The summed E-state index contributed by atoms with van der Waals surface area (Å²) in [6.07, 6.45) is 4.85. The Bertz CT molecular complexity index is 849. The van der Waals surface area contributed by atoms with Crippen LogP contribution < -0.4 is 14.8 Å². The van der Waals surface area contributed by atoms with Gasteiger partial charge in [0.1, 0.15) is 5.82 Å². The molecular formula is C20H24N4O3. The highest BCUT2D eigenvalue weighted by Crippen LogP contribution is 2.32. The van der Waals surface area contributed by atoms with Gasteiger partial charge in [-0.15, -0.1) is 0 Å². The van der Waals surface area contributed by atoms with Crippen molar-refractivity contribution in [3.8, 4) is 11.5 Å². The van der Waals surface area contributed by atoms with Crippen LogP contribution in [0.3, 0.4) is 0 Å². The molecule has 1 amide bonds. The second-order valence-corrected chi connectivity index (χ2v) is 6.87. The maximum Gasteiger partial charge on any atom is 0.258 e. The summed E-state index contributed by atoms with van der Waals surface area (Å²) in [6, 6.07) is 5.62. The number of para-hydroxylation sites is 1. The van der Waals surface area contributed by atoms with Crippen molar-refractivity contribution in [1.29, 1.82) is 0 Å². The van der Waals surface area contributed by atoms with Gasteiger partial charge < -0.3 is 19.7 Å². The maximum atomic E-state index is 13.1. The number of benzene rings is 1. The number of carbonyl (C=O) groups excluding carboxylic acids is 1. The first-order valence-electron chi connectivity index (χ1n) is 9.29. The predicted molar refractivity (Wildman–Crippen MR) is 100 cm³/mol. The van der Waals surface area contributed by atoms with Crippen LogP contribution in [-0.2, 0) is 13.0 Å². The first-order valence-corrected chi connectivity index (χ1v) is 9.29. The van der Waals surface area contributed by atoms with Crippen molar-refractivity contribution >= 4 is 5.91 Å². The van der Waals surface area contributed by atoms with Gasteiger partial charge in [-0.2, -0.15) is 0 Å². The van der Waals surface area contributed by atoms with E-state index in [0.29, 0.717) is 30.2 Å². The van der Waals surface area contributed by atoms with Crippen LogP contribution in [0.5, 0.6) is 11.5 Å². The molecule has 4 rings (SSSR count). The van der Waals surface area contributed by atoms with Crippen molar-refractivity contribution in [1.82, 2.24) is 20.2 Å². The zero-order valence-corrected chi connectivity index (χ0v) is 15.7. The van der Waals surface area contributed by atoms with Gasteiger partial charge in [-0.25, -0.2) is 9.97 Å². The SMILES string of the molecule is COc1cccc(C(=O)N2CCc3nc([C@H]4CCCN4)ncc3C2)c1OC. The first-order chi connectivity index (χ1) is 13.2. The number of ether oxygens (including phenoxy) is 2. The Morgan fingerprint density at radius 3 is 2.93 bits per heavy atom. The molecule has 1 aromatic carbocycles.